The average molecular weight is 336 g/mol. The molecule has 130 valence electrons. The van der Waals surface area contributed by atoms with Crippen molar-refractivity contribution in [2.75, 3.05) is 18.0 Å². The monoisotopic (exact) mass is 336 g/mol. The first-order valence-electron chi connectivity index (χ1n) is 8.70. The molecular weight excluding hydrogens is 312 g/mol. The number of hydrogen-bond acceptors (Lipinski definition) is 3. The predicted molar refractivity (Wildman–Crippen MR) is 102 cm³/mol. The van der Waals surface area contributed by atoms with E-state index in [1.807, 2.05) is 36.4 Å². The van der Waals surface area contributed by atoms with E-state index in [2.05, 4.69) is 26.0 Å². The van der Waals surface area contributed by atoms with Crippen molar-refractivity contribution in [3.05, 3.63) is 65.4 Å². The van der Waals surface area contributed by atoms with Crippen LogP contribution in [-0.4, -0.2) is 19.0 Å². The molecule has 0 saturated heterocycles. The number of rotatable bonds is 5. The molecule has 4 heteroatoms. The Labute approximate surface area is 148 Å². The molecule has 1 aliphatic rings. The number of para-hydroxylation sites is 2. The molecule has 0 radical (unpaired) electrons. The third kappa shape index (κ3) is 3.74. The molecule has 3 rings (SSSR count). The molecular formula is C21H24N2O2. The van der Waals surface area contributed by atoms with Crippen LogP contribution in [0.4, 0.5) is 5.69 Å². The van der Waals surface area contributed by atoms with E-state index in [-0.39, 0.29) is 5.91 Å². The van der Waals surface area contributed by atoms with Gasteiger partial charge in [0.15, 0.2) is 11.5 Å². The summed E-state index contributed by atoms with van der Waals surface area (Å²) in [5.41, 5.74) is 8.64. The van der Waals surface area contributed by atoms with Crippen LogP contribution in [0.15, 0.2) is 54.3 Å². The summed E-state index contributed by atoms with van der Waals surface area (Å²) >= 11 is 0. The summed E-state index contributed by atoms with van der Waals surface area (Å²) in [6.45, 7) is 5.45. The van der Waals surface area contributed by atoms with E-state index < -0.39 is 0 Å². The number of carbonyl (C=O) groups excluding carboxylic acids is 1. The number of hydrogen-bond donors (Lipinski definition) is 1. The summed E-state index contributed by atoms with van der Waals surface area (Å²) in [6.07, 6.45) is 2.55. The number of ether oxygens (including phenoxy) is 1. The molecule has 1 aliphatic heterocycles. The molecule has 0 atom stereocenters. The summed E-state index contributed by atoms with van der Waals surface area (Å²) in [7, 11) is 0. The van der Waals surface area contributed by atoms with Gasteiger partial charge in [0.05, 0.1) is 5.69 Å². The Bertz CT molecular complexity index is 779. The third-order valence-corrected chi connectivity index (χ3v) is 4.32. The Balaban J connectivity index is 1.92. The van der Waals surface area contributed by atoms with Crippen molar-refractivity contribution < 1.29 is 9.53 Å². The van der Waals surface area contributed by atoms with Gasteiger partial charge in [-0.3, -0.25) is 4.79 Å². The lowest BCUT2D eigenvalue weighted by Gasteiger charge is -2.30. The lowest BCUT2D eigenvalue weighted by atomic mass is 10.0. The molecule has 0 spiro atoms. The predicted octanol–water partition coefficient (Wildman–Crippen LogP) is 3.93. The minimum Gasteiger partial charge on any atom is -0.449 e. The second kappa shape index (κ2) is 7.53. The van der Waals surface area contributed by atoms with Crippen LogP contribution in [0.1, 0.15) is 37.3 Å². The quantitative estimate of drug-likeness (QED) is 0.842. The normalized spacial score (nSPS) is 15.4. The Morgan fingerprint density at radius 3 is 2.52 bits per heavy atom. The molecule has 0 aliphatic carbocycles. The maximum absolute atomic E-state index is 12.9. The SMILES string of the molecule is CC(C)c1ccc(/C=C2/Oc3ccccc3N(CCCN)C2=O)cc1. The Kier molecular flexibility index (Phi) is 5.19. The highest BCUT2D eigenvalue weighted by atomic mass is 16.5. The van der Waals surface area contributed by atoms with Gasteiger partial charge in [-0.15, -0.1) is 0 Å². The van der Waals surface area contributed by atoms with Gasteiger partial charge in [-0.2, -0.15) is 0 Å². The smallest absolute Gasteiger partial charge is 0.294 e. The van der Waals surface area contributed by atoms with E-state index in [1.165, 1.54) is 5.56 Å². The van der Waals surface area contributed by atoms with Crippen molar-refractivity contribution in [1.29, 1.82) is 0 Å². The van der Waals surface area contributed by atoms with E-state index in [1.54, 1.807) is 11.0 Å². The fourth-order valence-electron chi connectivity index (χ4n) is 2.86. The van der Waals surface area contributed by atoms with E-state index in [4.69, 9.17) is 10.5 Å². The van der Waals surface area contributed by atoms with Crippen LogP contribution < -0.4 is 15.4 Å². The molecule has 0 saturated carbocycles. The van der Waals surface area contributed by atoms with Gasteiger partial charge in [0.2, 0.25) is 0 Å². The Morgan fingerprint density at radius 1 is 1.12 bits per heavy atom. The lowest BCUT2D eigenvalue weighted by molar-refractivity contribution is -0.117. The minimum atomic E-state index is -0.125. The van der Waals surface area contributed by atoms with Crippen molar-refractivity contribution >= 4 is 17.7 Å². The Morgan fingerprint density at radius 2 is 1.84 bits per heavy atom. The number of fused-ring (bicyclic) bond motifs is 1. The zero-order valence-corrected chi connectivity index (χ0v) is 14.7. The molecule has 0 aromatic heterocycles. The summed E-state index contributed by atoms with van der Waals surface area (Å²) < 4.78 is 5.87. The number of nitrogens with zero attached hydrogens (tertiary/aromatic N) is 1. The number of carbonyl (C=O) groups is 1. The average Bonchev–Trinajstić information content (AvgIpc) is 2.62. The molecule has 25 heavy (non-hydrogen) atoms. The van der Waals surface area contributed by atoms with Crippen molar-refractivity contribution in [3.8, 4) is 5.75 Å². The third-order valence-electron chi connectivity index (χ3n) is 4.32. The summed E-state index contributed by atoms with van der Waals surface area (Å²) in [5.74, 6) is 1.39. The van der Waals surface area contributed by atoms with Gasteiger partial charge in [0, 0.05) is 6.54 Å². The van der Waals surface area contributed by atoms with Crippen LogP contribution in [0.25, 0.3) is 6.08 Å². The van der Waals surface area contributed by atoms with Crippen molar-refractivity contribution in [2.45, 2.75) is 26.2 Å². The van der Waals surface area contributed by atoms with Crippen LogP contribution >= 0.6 is 0 Å². The maximum Gasteiger partial charge on any atom is 0.294 e. The second-order valence-electron chi connectivity index (χ2n) is 6.50. The second-order valence-corrected chi connectivity index (χ2v) is 6.50. The largest absolute Gasteiger partial charge is 0.449 e. The van der Waals surface area contributed by atoms with Gasteiger partial charge in [-0.05, 0) is 48.2 Å². The topological polar surface area (TPSA) is 55.6 Å². The zero-order chi connectivity index (χ0) is 17.8. The highest BCUT2D eigenvalue weighted by molar-refractivity contribution is 6.09. The number of nitrogens with two attached hydrogens (primary N) is 1. The van der Waals surface area contributed by atoms with E-state index >= 15 is 0 Å². The molecule has 4 nitrogen and oxygen atoms in total. The standard InChI is InChI=1S/C21H24N2O2/c1-15(2)17-10-8-16(9-11-17)14-20-21(24)23(13-5-12-22)18-6-3-4-7-19(18)25-20/h3-4,6-11,14-15H,5,12-13,22H2,1-2H3/b20-14+. The highest BCUT2D eigenvalue weighted by Gasteiger charge is 2.29. The maximum atomic E-state index is 12.9. The van der Waals surface area contributed by atoms with Crippen LogP contribution in [0.2, 0.25) is 0 Å². The Hall–Kier alpha value is -2.59. The van der Waals surface area contributed by atoms with E-state index in [9.17, 15) is 4.79 Å². The summed E-state index contributed by atoms with van der Waals surface area (Å²) in [5, 5.41) is 0. The van der Waals surface area contributed by atoms with Crippen LogP contribution in [0.5, 0.6) is 5.75 Å². The van der Waals surface area contributed by atoms with Gasteiger partial charge >= 0.3 is 0 Å². The number of anilines is 1. The van der Waals surface area contributed by atoms with Gasteiger partial charge in [-0.1, -0.05) is 50.2 Å². The van der Waals surface area contributed by atoms with Crippen LogP contribution in [0.3, 0.4) is 0 Å². The zero-order valence-electron chi connectivity index (χ0n) is 14.7. The molecule has 1 heterocycles. The first-order valence-corrected chi connectivity index (χ1v) is 8.70. The van der Waals surface area contributed by atoms with Crippen LogP contribution in [-0.2, 0) is 4.79 Å². The van der Waals surface area contributed by atoms with Crippen molar-refractivity contribution in [1.82, 2.24) is 0 Å². The molecule has 0 bridgehead atoms. The first-order chi connectivity index (χ1) is 12.1. The van der Waals surface area contributed by atoms with E-state index in [0.717, 1.165) is 17.7 Å². The first kappa shape index (κ1) is 17.2. The highest BCUT2D eigenvalue weighted by Crippen LogP contribution is 2.35. The molecule has 0 unspecified atom stereocenters. The van der Waals surface area contributed by atoms with Crippen LogP contribution in [0, 0.1) is 0 Å². The minimum absolute atomic E-state index is 0.125. The number of benzene rings is 2. The lowest BCUT2D eigenvalue weighted by Crippen LogP contribution is -2.38. The fraction of sp³-hybridized carbons (Fsp3) is 0.286. The van der Waals surface area contributed by atoms with Gasteiger partial charge in [0.25, 0.3) is 5.91 Å². The summed E-state index contributed by atoms with van der Waals surface area (Å²) in [4.78, 5) is 14.6. The van der Waals surface area contributed by atoms with E-state index in [0.29, 0.717) is 30.5 Å². The molecule has 2 aromatic rings. The van der Waals surface area contributed by atoms with Crippen molar-refractivity contribution in [2.24, 2.45) is 5.73 Å². The molecule has 0 fully saturated rings. The summed E-state index contributed by atoms with van der Waals surface area (Å²) in [6, 6.07) is 15.8. The van der Waals surface area contributed by atoms with Gasteiger partial charge in [-0.25, -0.2) is 0 Å². The molecule has 2 N–H and O–H groups in total. The molecule has 2 aromatic carbocycles. The number of amides is 1. The fourth-order valence-corrected chi connectivity index (χ4v) is 2.86. The van der Waals surface area contributed by atoms with Gasteiger partial charge in [0.1, 0.15) is 0 Å². The molecule has 1 amide bonds. The van der Waals surface area contributed by atoms with Gasteiger partial charge < -0.3 is 15.4 Å². The van der Waals surface area contributed by atoms with Crippen molar-refractivity contribution in [3.63, 3.8) is 0 Å².